The number of primary amides is 1. The Morgan fingerprint density at radius 1 is 1.69 bits per heavy atom. The normalized spacial score (nSPS) is 15.1. The number of aryl methyl sites for hydroxylation is 1. The second-order valence-electron chi connectivity index (χ2n) is 4.60. The third-order valence-electron chi connectivity index (χ3n) is 2.56. The Balaban J connectivity index is 2.87. The molecule has 5 heteroatoms. The van der Waals surface area contributed by atoms with Gasteiger partial charge in [0.05, 0.1) is 6.54 Å². The molecular formula is C11H20N4O. The van der Waals surface area contributed by atoms with Gasteiger partial charge in [0.1, 0.15) is 11.4 Å². The topological polar surface area (TPSA) is 72.9 Å². The van der Waals surface area contributed by atoms with E-state index in [9.17, 15) is 4.79 Å². The maximum absolute atomic E-state index is 11.5. The fourth-order valence-corrected chi connectivity index (χ4v) is 1.74. The van der Waals surface area contributed by atoms with Crippen LogP contribution in [-0.2, 0) is 11.3 Å². The first-order valence-electron chi connectivity index (χ1n) is 5.40. The van der Waals surface area contributed by atoms with Crippen molar-refractivity contribution in [1.82, 2.24) is 14.9 Å². The van der Waals surface area contributed by atoms with Crippen molar-refractivity contribution in [3.63, 3.8) is 0 Å². The van der Waals surface area contributed by atoms with Crippen molar-refractivity contribution in [3.8, 4) is 0 Å². The predicted octanol–water partition coefficient (Wildman–Crippen LogP) is 0.434. The minimum atomic E-state index is -0.750. The van der Waals surface area contributed by atoms with Gasteiger partial charge in [-0.05, 0) is 27.7 Å². The van der Waals surface area contributed by atoms with Gasteiger partial charge >= 0.3 is 0 Å². The molecular weight excluding hydrogens is 204 g/mol. The van der Waals surface area contributed by atoms with Crippen LogP contribution in [0.2, 0.25) is 0 Å². The molecule has 1 atom stereocenters. The molecule has 1 aromatic rings. The summed E-state index contributed by atoms with van der Waals surface area (Å²) in [4.78, 5) is 15.6. The summed E-state index contributed by atoms with van der Waals surface area (Å²) in [5.41, 5.74) is 4.70. The monoisotopic (exact) mass is 224 g/mol. The molecule has 1 heterocycles. The quantitative estimate of drug-likeness (QED) is 0.762. The summed E-state index contributed by atoms with van der Waals surface area (Å²) in [5, 5.41) is 3.20. The zero-order valence-corrected chi connectivity index (χ0v) is 10.3. The van der Waals surface area contributed by atoms with Crippen LogP contribution in [0.4, 0.5) is 0 Å². The van der Waals surface area contributed by atoms with Gasteiger partial charge < -0.3 is 10.3 Å². The molecule has 16 heavy (non-hydrogen) atoms. The Bertz CT molecular complexity index is 372. The number of nitrogens with zero attached hydrogens (tertiary/aromatic N) is 2. The summed E-state index contributed by atoms with van der Waals surface area (Å²) < 4.78 is 1.92. The number of hydrogen-bond donors (Lipinski definition) is 2. The lowest BCUT2D eigenvalue weighted by Crippen LogP contribution is -2.58. The standard InChI is InChI=1S/C11H20N4O/c1-8(2)14-11(4,10(12)16)7-15-6-5-13-9(15)3/h5-6,8,14H,7H2,1-4H3,(H2,12,16). The Hall–Kier alpha value is -1.36. The van der Waals surface area contributed by atoms with Gasteiger partial charge in [-0.15, -0.1) is 0 Å². The zero-order chi connectivity index (χ0) is 12.3. The molecule has 1 rings (SSSR count). The van der Waals surface area contributed by atoms with E-state index in [0.717, 1.165) is 5.82 Å². The van der Waals surface area contributed by atoms with Crippen molar-refractivity contribution in [2.75, 3.05) is 0 Å². The molecule has 5 nitrogen and oxygen atoms in total. The van der Waals surface area contributed by atoms with Crippen LogP contribution in [0.1, 0.15) is 26.6 Å². The summed E-state index contributed by atoms with van der Waals surface area (Å²) in [6, 6.07) is 0.196. The molecule has 1 unspecified atom stereocenters. The summed E-state index contributed by atoms with van der Waals surface area (Å²) in [7, 11) is 0. The van der Waals surface area contributed by atoms with Crippen molar-refractivity contribution in [2.45, 2.75) is 45.8 Å². The van der Waals surface area contributed by atoms with Crippen LogP contribution in [0.15, 0.2) is 12.4 Å². The first-order chi connectivity index (χ1) is 7.35. The molecule has 0 saturated heterocycles. The molecule has 0 aromatic carbocycles. The van der Waals surface area contributed by atoms with E-state index in [0.29, 0.717) is 6.54 Å². The van der Waals surface area contributed by atoms with Crippen molar-refractivity contribution in [1.29, 1.82) is 0 Å². The molecule has 3 N–H and O–H groups in total. The third-order valence-corrected chi connectivity index (χ3v) is 2.56. The number of hydrogen-bond acceptors (Lipinski definition) is 3. The Labute approximate surface area is 96.0 Å². The number of rotatable bonds is 5. The van der Waals surface area contributed by atoms with Gasteiger partial charge in [-0.2, -0.15) is 0 Å². The summed E-state index contributed by atoms with van der Waals surface area (Å²) >= 11 is 0. The lowest BCUT2D eigenvalue weighted by Gasteiger charge is -2.30. The zero-order valence-electron chi connectivity index (χ0n) is 10.3. The molecule has 1 aromatic heterocycles. The summed E-state index contributed by atoms with van der Waals surface area (Å²) in [6.07, 6.45) is 3.56. The average Bonchev–Trinajstić information content (AvgIpc) is 2.50. The van der Waals surface area contributed by atoms with Gasteiger partial charge in [-0.1, -0.05) is 0 Å². The predicted molar refractivity (Wildman–Crippen MR) is 62.8 cm³/mol. The van der Waals surface area contributed by atoms with Gasteiger partial charge in [0.15, 0.2) is 0 Å². The Morgan fingerprint density at radius 3 is 2.69 bits per heavy atom. The van der Waals surface area contributed by atoms with Crippen molar-refractivity contribution < 1.29 is 4.79 Å². The van der Waals surface area contributed by atoms with Crippen LogP contribution >= 0.6 is 0 Å². The smallest absolute Gasteiger partial charge is 0.239 e. The van der Waals surface area contributed by atoms with Gasteiger partial charge in [0.2, 0.25) is 5.91 Å². The van der Waals surface area contributed by atoms with Gasteiger partial charge in [-0.25, -0.2) is 4.98 Å². The lowest BCUT2D eigenvalue weighted by molar-refractivity contribution is -0.124. The average molecular weight is 224 g/mol. The van der Waals surface area contributed by atoms with E-state index in [1.54, 1.807) is 6.20 Å². The minimum absolute atomic E-state index is 0.196. The van der Waals surface area contributed by atoms with Crippen molar-refractivity contribution in [3.05, 3.63) is 18.2 Å². The number of nitrogens with two attached hydrogens (primary N) is 1. The Kier molecular flexibility index (Phi) is 3.70. The van der Waals surface area contributed by atoms with Crippen LogP contribution < -0.4 is 11.1 Å². The molecule has 0 radical (unpaired) electrons. The van der Waals surface area contributed by atoms with E-state index >= 15 is 0 Å². The lowest BCUT2D eigenvalue weighted by atomic mass is 10.00. The molecule has 0 aliphatic heterocycles. The van der Waals surface area contributed by atoms with E-state index in [4.69, 9.17) is 5.73 Å². The molecule has 0 saturated carbocycles. The molecule has 90 valence electrons. The highest BCUT2D eigenvalue weighted by atomic mass is 16.1. The molecule has 0 aliphatic carbocycles. The van der Waals surface area contributed by atoms with Crippen LogP contribution in [0.5, 0.6) is 0 Å². The fraction of sp³-hybridized carbons (Fsp3) is 0.636. The molecule has 0 spiro atoms. The van der Waals surface area contributed by atoms with Gasteiger partial charge in [0.25, 0.3) is 0 Å². The fourth-order valence-electron chi connectivity index (χ4n) is 1.74. The first kappa shape index (κ1) is 12.7. The van der Waals surface area contributed by atoms with Crippen LogP contribution in [0.25, 0.3) is 0 Å². The van der Waals surface area contributed by atoms with Crippen molar-refractivity contribution >= 4 is 5.91 Å². The third kappa shape index (κ3) is 2.82. The molecule has 1 amide bonds. The summed E-state index contributed by atoms with van der Waals surface area (Å²) in [6.45, 7) is 8.18. The second kappa shape index (κ2) is 4.65. The van der Waals surface area contributed by atoms with Crippen LogP contribution in [0.3, 0.4) is 0 Å². The highest BCUT2D eigenvalue weighted by molar-refractivity contribution is 5.84. The van der Waals surface area contributed by atoms with E-state index < -0.39 is 5.54 Å². The van der Waals surface area contributed by atoms with Crippen LogP contribution in [0, 0.1) is 6.92 Å². The highest BCUT2D eigenvalue weighted by Crippen LogP contribution is 2.10. The molecule has 0 bridgehead atoms. The first-order valence-corrected chi connectivity index (χ1v) is 5.40. The highest BCUT2D eigenvalue weighted by Gasteiger charge is 2.32. The minimum Gasteiger partial charge on any atom is -0.368 e. The number of aromatic nitrogens is 2. The van der Waals surface area contributed by atoms with Gasteiger partial charge in [0, 0.05) is 18.4 Å². The molecule has 0 aliphatic rings. The maximum Gasteiger partial charge on any atom is 0.239 e. The van der Waals surface area contributed by atoms with Crippen LogP contribution in [-0.4, -0.2) is 27.0 Å². The second-order valence-corrected chi connectivity index (χ2v) is 4.60. The number of carbonyl (C=O) groups excluding carboxylic acids is 1. The van der Waals surface area contributed by atoms with E-state index in [-0.39, 0.29) is 11.9 Å². The number of nitrogens with one attached hydrogen (secondary N) is 1. The van der Waals surface area contributed by atoms with Crippen molar-refractivity contribution in [2.24, 2.45) is 5.73 Å². The number of imidazole rings is 1. The Morgan fingerprint density at radius 2 is 2.31 bits per heavy atom. The van der Waals surface area contributed by atoms with Gasteiger partial charge in [-0.3, -0.25) is 10.1 Å². The largest absolute Gasteiger partial charge is 0.368 e. The molecule has 0 fully saturated rings. The van der Waals surface area contributed by atoms with E-state index in [1.165, 1.54) is 0 Å². The van der Waals surface area contributed by atoms with E-state index in [2.05, 4.69) is 10.3 Å². The van der Waals surface area contributed by atoms with E-state index in [1.807, 2.05) is 38.5 Å². The number of amides is 1. The SMILES string of the molecule is Cc1nccn1CC(C)(NC(C)C)C(N)=O. The number of carbonyl (C=O) groups is 1. The summed E-state index contributed by atoms with van der Waals surface area (Å²) in [5.74, 6) is 0.521. The maximum atomic E-state index is 11.5.